The second-order valence-electron chi connectivity index (χ2n) is 9.91. The first-order valence-corrected chi connectivity index (χ1v) is 14.8. The maximum absolute atomic E-state index is 12.9. The summed E-state index contributed by atoms with van der Waals surface area (Å²) in [6, 6.07) is 16.3. The number of benzene rings is 1. The van der Waals surface area contributed by atoms with Gasteiger partial charge < -0.3 is 19.7 Å². The average molecular weight is 560 g/mol. The van der Waals surface area contributed by atoms with E-state index >= 15 is 0 Å². The highest BCUT2D eigenvalue weighted by Gasteiger charge is 2.24. The van der Waals surface area contributed by atoms with Crippen LogP contribution >= 0.6 is 0 Å². The van der Waals surface area contributed by atoms with Crippen LogP contribution in [0.5, 0.6) is 0 Å². The van der Waals surface area contributed by atoms with E-state index in [0.29, 0.717) is 11.3 Å². The molecule has 0 spiro atoms. The number of rotatable bonds is 6. The Labute approximate surface area is 232 Å². The molecule has 4 aromatic rings. The molecule has 2 aliphatic rings. The van der Waals surface area contributed by atoms with Gasteiger partial charge in [0.05, 0.1) is 59.1 Å². The average Bonchev–Trinajstić information content (AvgIpc) is 3.41. The minimum Gasteiger partial charge on any atom is -0.380 e. The van der Waals surface area contributed by atoms with Crippen molar-refractivity contribution in [3.05, 3.63) is 77.6 Å². The fourth-order valence-corrected chi connectivity index (χ4v) is 6.40. The topological polar surface area (TPSA) is 124 Å². The van der Waals surface area contributed by atoms with Gasteiger partial charge in [-0.25, -0.2) is 18.4 Å². The third kappa shape index (κ3) is 5.40. The lowest BCUT2D eigenvalue weighted by molar-refractivity contribution is 0.0950. The van der Waals surface area contributed by atoms with Gasteiger partial charge in [-0.05, 0) is 54.4 Å². The quantitative estimate of drug-likeness (QED) is 0.379. The van der Waals surface area contributed by atoms with Gasteiger partial charge >= 0.3 is 0 Å². The smallest absolute Gasteiger partial charge is 0.251 e. The van der Waals surface area contributed by atoms with Crippen LogP contribution in [0.4, 0.5) is 5.82 Å². The highest BCUT2D eigenvalue weighted by Crippen LogP contribution is 2.25. The second-order valence-corrected chi connectivity index (χ2v) is 12.0. The lowest BCUT2D eigenvalue weighted by atomic mass is 10.1. The predicted molar refractivity (Wildman–Crippen MR) is 150 cm³/mol. The van der Waals surface area contributed by atoms with Gasteiger partial charge in [-0.1, -0.05) is 12.1 Å². The van der Waals surface area contributed by atoms with Crippen molar-refractivity contribution in [1.82, 2.24) is 20.3 Å². The van der Waals surface area contributed by atoms with Gasteiger partial charge in [0.1, 0.15) is 5.82 Å². The Morgan fingerprint density at radius 2 is 2.00 bits per heavy atom. The van der Waals surface area contributed by atoms with Gasteiger partial charge in [0, 0.05) is 37.3 Å². The standard InChI is InChI=1S/C29H29N5O5S/c1-38-23-9-10-34(17-23)28-4-2-3-24(33-28)25-8-7-20-15-30-22(14-26(20)32-25)16-31-29(35)19-5-6-21-18-39-11-12-40(36,37)27(21)13-19/h2-8,13-15,23H,9-12,16-18H2,1H3,(H,31,35)/t23-/m1/s1. The van der Waals surface area contributed by atoms with Gasteiger partial charge in [-0.3, -0.25) is 9.78 Å². The summed E-state index contributed by atoms with van der Waals surface area (Å²) in [6.07, 6.45) is 2.92. The number of nitrogens with zero attached hydrogens (tertiary/aromatic N) is 4. The zero-order chi connectivity index (χ0) is 27.7. The third-order valence-electron chi connectivity index (χ3n) is 7.28. The number of nitrogens with one attached hydrogen (secondary N) is 1. The number of amides is 1. The monoisotopic (exact) mass is 559 g/mol. The van der Waals surface area contributed by atoms with E-state index < -0.39 is 9.84 Å². The largest absolute Gasteiger partial charge is 0.380 e. The Bertz CT molecular complexity index is 1690. The molecule has 0 radical (unpaired) electrons. The van der Waals surface area contributed by atoms with Gasteiger partial charge in [-0.2, -0.15) is 0 Å². The number of sulfone groups is 1. The summed E-state index contributed by atoms with van der Waals surface area (Å²) >= 11 is 0. The maximum atomic E-state index is 12.9. The number of carbonyl (C=O) groups is 1. The SMILES string of the molecule is CO[C@@H]1CCN(c2cccc(-c3ccc4cnc(CNC(=O)c5ccc6c(c5)S(=O)(=O)CCOC6)cc4n3)n2)C1. The van der Waals surface area contributed by atoms with Crippen molar-refractivity contribution in [1.29, 1.82) is 0 Å². The minimum absolute atomic E-state index is 0.104. The molecule has 11 heteroatoms. The molecular formula is C29H29N5O5S. The lowest BCUT2D eigenvalue weighted by Crippen LogP contribution is -2.24. The molecule has 1 N–H and O–H groups in total. The molecule has 1 fully saturated rings. The van der Waals surface area contributed by atoms with Crippen LogP contribution in [0.1, 0.15) is 28.0 Å². The number of anilines is 1. The summed E-state index contributed by atoms with van der Waals surface area (Å²) in [6.45, 7) is 2.22. The van der Waals surface area contributed by atoms with Crippen molar-refractivity contribution >= 4 is 32.5 Å². The number of fused-ring (bicyclic) bond motifs is 2. The summed E-state index contributed by atoms with van der Waals surface area (Å²) in [5.74, 6) is 0.411. The van der Waals surface area contributed by atoms with Crippen molar-refractivity contribution in [2.45, 2.75) is 30.6 Å². The van der Waals surface area contributed by atoms with E-state index in [9.17, 15) is 13.2 Å². The minimum atomic E-state index is -3.50. The first kappa shape index (κ1) is 26.3. The number of methoxy groups -OCH3 is 1. The molecule has 5 heterocycles. The molecule has 0 saturated carbocycles. The summed E-state index contributed by atoms with van der Waals surface area (Å²) in [5.41, 5.74) is 3.72. The second kappa shape index (κ2) is 10.9. The molecule has 40 heavy (non-hydrogen) atoms. The Hall–Kier alpha value is -3.93. The lowest BCUT2D eigenvalue weighted by Gasteiger charge is -2.17. The van der Waals surface area contributed by atoms with Crippen LogP contribution in [-0.4, -0.2) is 67.9 Å². The number of hydrogen-bond donors (Lipinski definition) is 1. The number of hydrogen-bond acceptors (Lipinski definition) is 9. The van der Waals surface area contributed by atoms with E-state index in [1.807, 2.05) is 36.4 Å². The van der Waals surface area contributed by atoms with Gasteiger partial charge in [-0.15, -0.1) is 0 Å². The molecule has 2 aliphatic heterocycles. The van der Waals surface area contributed by atoms with Gasteiger partial charge in [0.15, 0.2) is 9.84 Å². The first-order valence-electron chi connectivity index (χ1n) is 13.1. The van der Waals surface area contributed by atoms with Crippen LogP contribution in [0.25, 0.3) is 22.3 Å². The molecule has 3 aromatic heterocycles. The Balaban J connectivity index is 1.19. The van der Waals surface area contributed by atoms with Crippen molar-refractivity contribution in [2.24, 2.45) is 0 Å². The van der Waals surface area contributed by atoms with Crippen molar-refractivity contribution < 1.29 is 22.7 Å². The van der Waals surface area contributed by atoms with Gasteiger partial charge in [0.25, 0.3) is 5.91 Å². The van der Waals surface area contributed by atoms with Crippen LogP contribution in [0, 0.1) is 0 Å². The Kier molecular flexibility index (Phi) is 7.18. The van der Waals surface area contributed by atoms with Crippen LogP contribution in [0.15, 0.2) is 65.7 Å². The molecule has 206 valence electrons. The highest BCUT2D eigenvalue weighted by atomic mass is 32.2. The number of ether oxygens (including phenoxy) is 2. The fraction of sp³-hybridized carbons (Fsp3) is 0.310. The molecule has 1 amide bonds. The fourth-order valence-electron chi connectivity index (χ4n) is 5.01. The van der Waals surface area contributed by atoms with E-state index in [1.54, 1.807) is 25.4 Å². The summed E-state index contributed by atoms with van der Waals surface area (Å²) < 4.78 is 36.0. The van der Waals surface area contributed by atoms with Crippen LogP contribution in [0.3, 0.4) is 0 Å². The van der Waals surface area contributed by atoms with E-state index in [1.165, 1.54) is 6.07 Å². The normalized spacial score (nSPS) is 18.3. The van der Waals surface area contributed by atoms with Crippen LogP contribution in [-0.2, 0) is 32.5 Å². The summed E-state index contributed by atoms with van der Waals surface area (Å²) in [7, 11) is -1.76. The van der Waals surface area contributed by atoms with Crippen LogP contribution < -0.4 is 10.2 Å². The van der Waals surface area contributed by atoms with Crippen LogP contribution in [0.2, 0.25) is 0 Å². The number of pyridine rings is 3. The molecule has 1 atom stereocenters. The maximum Gasteiger partial charge on any atom is 0.251 e. The third-order valence-corrected chi connectivity index (χ3v) is 9.03. The molecule has 6 rings (SSSR count). The highest BCUT2D eigenvalue weighted by molar-refractivity contribution is 7.91. The molecule has 0 unspecified atom stereocenters. The summed E-state index contributed by atoms with van der Waals surface area (Å²) in [4.78, 5) is 29.4. The van der Waals surface area contributed by atoms with E-state index in [2.05, 4.69) is 15.2 Å². The van der Waals surface area contributed by atoms with E-state index in [-0.39, 0.29) is 48.0 Å². The van der Waals surface area contributed by atoms with Crippen molar-refractivity contribution in [2.75, 3.05) is 37.5 Å². The van der Waals surface area contributed by atoms with Crippen molar-refractivity contribution in [3.8, 4) is 11.4 Å². The Morgan fingerprint density at radius 3 is 2.85 bits per heavy atom. The molecule has 10 nitrogen and oxygen atoms in total. The molecule has 1 aromatic carbocycles. The zero-order valence-corrected chi connectivity index (χ0v) is 22.9. The molecule has 0 aliphatic carbocycles. The Morgan fingerprint density at radius 1 is 1.12 bits per heavy atom. The predicted octanol–water partition coefficient (Wildman–Crippen LogP) is 3.15. The first-order chi connectivity index (χ1) is 19.4. The molecule has 1 saturated heterocycles. The van der Waals surface area contributed by atoms with Gasteiger partial charge in [0.2, 0.25) is 0 Å². The molecule has 0 bridgehead atoms. The zero-order valence-electron chi connectivity index (χ0n) is 22.0. The molecular weight excluding hydrogens is 530 g/mol. The van der Waals surface area contributed by atoms with E-state index in [4.69, 9.17) is 19.4 Å². The summed E-state index contributed by atoms with van der Waals surface area (Å²) in [5, 5.41) is 3.71. The number of aromatic nitrogens is 3. The van der Waals surface area contributed by atoms with Crippen molar-refractivity contribution in [3.63, 3.8) is 0 Å². The number of carbonyl (C=O) groups excluding carboxylic acids is 1. The van der Waals surface area contributed by atoms with E-state index in [0.717, 1.165) is 47.6 Å².